The van der Waals surface area contributed by atoms with Crippen LogP contribution in [0.5, 0.6) is 5.75 Å². The van der Waals surface area contributed by atoms with E-state index >= 15 is 0 Å². The molecule has 20 heavy (non-hydrogen) atoms. The molecule has 0 heterocycles. The molecule has 0 fully saturated rings. The molecule has 0 aromatic heterocycles. The lowest BCUT2D eigenvalue weighted by Crippen LogP contribution is -2.37. The molecule has 2 atom stereocenters. The number of rotatable bonds is 7. The van der Waals surface area contributed by atoms with Crippen LogP contribution in [0.25, 0.3) is 0 Å². The number of aliphatic hydroxyl groups is 1. The molecule has 114 valence electrons. The van der Waals surface area contributed by atoms with Gasteiger partial charge in [0.1, 0.15) is 12.4 Å². The monoisotopic (exact) mass is 279 g/mol. The molecule has 0 bridgehead atoms. The van der Waals surface area contributed by atoms with E-state index in [4.69, 9.17) is 4.74 Å². The number of nitrogens with one attached hydrogen (secondary N) is 1. The van der Waals surface area contributed by atoms with Crippen molar-refractivity contribution in [1.82, 2.24) is 5.32 Å². The lowest BCUT2D eigenvalue weighted by atomic mass is 9.94. The predicted octanol–water partition coefficient (Wildman–Crippen LogP) is 3.45. The van der Waals surface area contributed by atoms with E-state index in [-0.39, 0.29) is 5.92 Å². The largest absolute Gasteiger partial charge is 0.490 e. The first kappa shape index (κ1) is 17.0. The van der Waals surface area contributed by atoms with Gasteiger partial charge in [-0.05, 0) is 50.4 Å². The highest BCUT2D eigenvalue weighted by Gasteiger charge is 2.26. The molecule has 0 amide bonds. The summed E-state index contributed by atoms with van der Waals surface area (Å²) in [6.07, 6.45) is 0. The SMILES string of the molecule is CCNC(C)c1ccc(OCC(C)(O)C(C)C)c(C)c1. The zero-order chi connectivity index (χ0) is 15.3. The van der Waals surface area contributed by atoms with Crippen molar-refractivity contribution in [3.63, 3.8) is 0 Å². The van der Waals surface area contributed by atoms with E-state index in [9.17, 15) is 5.11 Å². The molecule has 0 aliphatic carbocycles. The Hall–Kier alpha value is -1.06. The molecule has 3 heteroatoms. The molecule has 1 aromatic rings. The molecular formula is C17H29NO2. The molecule has 1 aromatic carbocycles. The van der Waals surface area contributed by atoms with Crippen LogP contribution in [-0.2, 0) is 0 Å². The van der Waals surface area contributed by atoms with Gasteiger partial charge in [0.05, 0.1) is 5.60 Å². The van der Waals surface area contributed by atoms with Crippen LogP contribution in [0.15, 0.2) is 18.2 Å². The number of aryl methyl sites for hydroxylation is 1. The first-order chi connectivity index (χ1) is 9.27. The average Bonchev–Trinajstić information content (AvgIpc) is 2.37. The van der Waals surface area contributed by atoms with Crippen molar-refractivity contribution in [2.45, 2.75) is 53.2 Å². The predicted molar refractivity (Wildman–Crippen MR) is 84.2 cm³/mol. The summed E-state index contributed by atoms with van der Waals surface area (Å²) >= 11 is 0. The van der Waals surface area contributed by atoms with Crippen molar-refractivity contribution < 1.29 is 9.84 Å². The van der Waals surface area contributed by atoms with Crippen molar-refractivity contribution >= 4 is 0 Å². The summed E-state index contributed by atoms with van der Waals surface area (Å²) in [6.45, 7) is 13.4. The molecule has 0 saturated carbocycles. The maximum Gasteiger partial charge on any atom is 0.122 e. The summed E-state index contributed by atoms with van der Waals surface area (Å²) in [5.41, 5.74) is 1.56. The van der Waals surface area contributed by atoms with E-state index in [2.05, 4.69) is 31.3 Å². The lowest BCUT2D eigenvalue weighted by molar-refractivity contribution is -0.0268. The molecule has 0 saturated heterocycles. The van der Waals surface area contributed by atoms with Crippen LogP contribution in [-0.4, -0.2) is 23.9 Å². The van der Waals surface area contributed by atoms with Crippen LogP contribution in [0.4, 0.5) is 0 Å². The van der Waals surface area contributed by atoms with Gasteiger partial charge in [-0.2, -0.15) is 0 Å². The third-order valence-corrected chi connectivity index (χ3v) is 3.97. The third-order valence-electron chi connectivity index (χ3n) is 3.97. The number of hydrogen-bond acceptors (Lipinski definition) is 3. The highest BCUT2D eigenvalue weighted by atomic mass is 16.5. The van der Waals surface area contributed by atoms with Crippen molar-refractivity contribution in [2.75, 3.05) is 13.2 Å². The minimum atomic E-state index is -0.803. The van der Waals surface area contributed by atoms with Crippen LogP contribution in [0.3, 0.4) is 0 Å². The number of hydrogen-bond donors (Lipinski definition) is 2. The van der Waals surface area contributed by atoms with Crippen molar-refractivity contribution in [3.05, 3.63) is 29.3 Å². The van der Waals surface area contributed by atoms with Gasteiger partial charge in [0.2, 0.25) is 0 Å². The Morgan fingerprint density at radius 3 is 2.45 bits per heavy atom. The summed E-state index contributed by atoms with van der Waals surface area (Å²) in [5.74, 6) is 1.01. The van der Waals surface area contributed by atoms with E-state index in [1.54, 1.807) is 0 Å². The Kier molecular flexibility index (Phi) is 6.03. The second-order valence-corrected chi connectivity index (χ2v) is 6.10. The molecule has 2 unspecified atom stereocenters. The molecule has 3 nitrogen and oxygen atoms in total. The van der Waals surface area contributed by atoms with Gasteiger partial charge < -0.3 is 15.2 Å². The molecule has 1 rings (SSSR count). The van der Waals surface area contributed by atoms with Gasteiger partial charge in [-0.1, -0.05) is 32.9 Å². The Morgan fingerprint density at radius 2 is 1.95 bits per heavy atom. The van der Waals surface area contributed by atoms with Crippen molar-refractivity contribution in [1.29, 1.82) is 0 Å². The minimum Gasteiger partial charge on any atom is -0.490 e. The van der Waals surface area contributed by atoms with E-state index in [1.165, 1.54) is 5.56 Å². The molecule has 0 aliphatic heterocycles. The second kappa shape index (κ2) is 7.09. The molecular weight excluding hydrogens is 250 g/mol. The average molecular weight is 279 g/mol. The van der Waals surface area contributed by atoms with Crippen molar-refractivity contribution in [3.8, 4) is 5.75 Å². The topological polar surface area (TPSA) is 41.5 Å². The smallest absolute Gasteiger partial charge is 0.122 e. The molecule has 0 radical (unpaired) electrons. The van der Waals surface area contributed by atoms with Crippen LogP contribution < -0.4 is 10.1 Å². The summed E-state index contributed by atoms with van der Waals surface area (Å²) in [7, 11) is 0. The standard InChI is InChI=1S/C17H29NO2/c1-7-18-14(5)15-8-9-16(13(4)10-15)20-11-17(6,19)12(2)3/h8-10,12,14,18-19H,7,11H2,1-6H3. The minimum absolute atomic E-state index is 0.163. The van der Waals surface area contributed by atoms with Gasteiger partial charge in [-0.15, -0.1) is 0 Å². The summed E-state index contributed by atoms with van der Waals surface area (Å²) < 4.78 is 5.79. The first-order valence-electron chi connectivity index (χ1n) is 7.47. The zero-order valence-corrected chi connectivity index (χ0v) is 13.7. The van der Waals surface area contributed by atoms with Crippen LogP contribution in [0.1, 0.15) is 51.8 Å². The fraction of sp³-hybridized carbons (Fsp3) is 0.647. The van der Waals surface area contributed by atoms with Gasteiger partial charge in [0, 0.05) is 6.04 Å². The Labute approximate surface area is 123 Å². The van der Waals surface area contributed by atoms with Gasteiger partial charge in [0.25, 0.3) is 0 Å². The van der Waals surface area contributed by atoms with Crippen LogP contribution in [0.2, 0.25) is 0 Å². The zero-order valence-electron chi connectivity index (χ0n) is 13.7. The van der Waals surface area contributed by atoms with E-state index in [1.807, 2.05) is 33.8 Å². The first-order valence-corrected chi connectivity index (χ1v) is 7.47. The highest BCUT2D eigenvalue weighted by molar-refractivity contribution is 5.37. The Bertz CT molecular complexity index is 427. The van der Waals surface area contributed by atoms with Gasteiger partial charge in [0.15, 0.2) is 0 Å². The van der Waals surface area contributed by atoms with E-state index < -0.39 is 5.60 Å². The number of ether oxygens (including phenoxy) is 1. The van der Waals surface area contributed by atoms with Crippen molar-refractivity contribution in [2.24, 2.45) is 5.92 Å². The fourth-order valence-electron chi connectivity index (χ4n) is 1.92. The Balaban J connectivity index is 2.74. The van der Waals surface area contributed by atoms with Gasteiger partial charge >= 0.3 is 0 Å². The highest BCUT2D eigenvalue weighted by Crippen LogP contribution is 2.25. The normalized spacial score (nSPS) is 16.0. The van der Waals surface area contributed by atoms with Crippen LogP contribution in [0, 0.1) is 12.8 Å². The van der Waals surface area contributed by atoms with Gasteiger partial charge in [-0.25, -0.2) is 0 Å². The summed E-state index contributed by atoms with van der Waals surface area (Å²) in [5, 5.41) is 13.6. The molecule has 0 aliphatic rings. The Morgan fingerprint density at radius 1 is 1.30 bits per heavy atom. The van der Waals surface area contributed by atoms with Gasteiger partial charge in [-0.3, -0.25) is 0 Å². The van der Waals surface area contributed by atoms with E-state index in [0.29, 0.717) is 12.6 Å². The third kappa shape index (κ3) is 4.50. The molecule has 0 spiro atoms. The summed E-state index contributed by atoms with van der Waals surface area (Å²) in [6, 6.07) is 6.56. The quantitative estimate of drug-likeness (QED) is 0.803. The number of benzene rings is 1. The lowest BCUT2D eigenvalue weighted by Gasteiger charge is -2.28. The maximum atomic E-state index is 10.2. The summed E-state index contributed by atoms with van der Waals surface area (Å²) in [4.78, 5) is 0. The second-order valence-electron chi connectivity index (χ2n) is 6.10. The van der Waals surface area contributed by atoms with E-state index in [0.717, 1.165) is 17.9 Å². The fourth-order valence-corrected chi connectivity index (χ4v) is 1.92. The molecule has 2 N–H and O–H groups in total. The van der Waals surface area contributed by atoms with Crippen LogP contribution >= 0.6 is 0 Å². The maximum absolute atomic E-state index is 10.2.